The van der Waals surface area contributed by atoms with E-state index in [2.05, 4.69) is 25.6 Å². The van der Waals surface area contributed by atoms with Gasteiger partial charge in [0.25, 0.3) is 0 Å². The van der Waals surface area contributed by atoms with Gasteiger partial charge >= 0.3 is 0 Å². The summed E-state index contributed by atoms with van der Waals surface area (Å²) < 4.78 is 1.78. The molecule has 0 aliphatic heterocycles. The van der Waals surface area contributed by atoms with E-state index in [9.17, 15) is 0 Å². The fraction of sp³-hybridized carbons (Fsp3) is 0.231. The minimum atomic E-state index is 0.636. The summed E-state index contributed by atoms with van der Waals surface area (Å²) in [5, 5.41) is 17.8. The molecule has 0 fully saturated rings. The molecule has 1 N–H and O–H groups in total. The van der Waals surface area contributed by atoms with E-state index in [1.54, 1.807) is 22.2 Å². The van der Waals surface area contributed by atoms with Crippen LogP contribution in [0.15, 0.2) is 30.6 Å². The first-order chi connectivity index (χ1) is 9.72. The molecule has 0 radical (unpaired) electrons. The van der Waals surface area contributed by atoms with E-state index >= 15 is 0 Å². The number of aryl methyl sites for hydroxylation is 2. The van der Waals surface area contributed by atoms with Crippen LogP contribution in [0.25, 0.3) is 11.4 Å². The Labute approximate surface area is 120 Å². The summed E-state index contributed by atoms with van der Waals surface area (Å²) in [4.78, 5) is 4.34. The van der Waals surface area contributed by atoms with Gasteiger partial charge in [0.1, 0.15) is 15.7 Å². The van der Waals surface area contributed by atoms with Gasteiger partial charge in [-0.1, -0.05) is 17.4 Å². The number of hydrogen-bond donors (Lipinski definition) is 1. The van der Waals surface area contributed by atoms with E-state index in [4.69, 9.17) is 0 Å². The first kappa shape index (κ1) is 12.7. The number of anilines is 1. The van der Waals surface area contributed by atoms with Gasteiger partial charge in [0.05, 0.1) is 17.9 Å². The van der Waals surface area contributed by atoms with Crippen LogP contribution in [0, 0.1) is 6.92 Å². The summed E-state index contributed by atoms with van der Waals surface area (Å²) in [5.74, 6) is 0. The second kappa shape index (κ2) is 5.38. The monoisotopic (exact) mass is 286 g/mol. The lowest BCUT2D eigenvalue weighted by molar-refractivity contribution is 0.770. The lowest BCUT2D eigenvalue weighted by atomic mass is 10.2. The predicted octanol–water partition coefficient (Wildman–Crippen LogP) is 2.25. The Morgan fingerprint density at radius 3 is 2.90 bits per heavy atom. The molecule has 0 saturated heterocycles. The topological polar surface area (TPSA) is 68.5 Å². The summed E-state index contributed by atoms with van der Waals surface area (Å²) in [6.07, 6.45) is 3.71. The predicted molar refractivity (Wildman–Crippen MR) is 78.4 cm³/mol. The van der Waals surface area contributed by atoms with Crippen LogP contribution in [0.2, 0.25) is 0 Å². The van der Waals surface area contributed by atoms with Crippen LogP contribution in [0.5, 0.6) is 0 Å². The van der Waals surface area contributed by atoms with E-state index in [1.165, 1.54) is 0 Å². The summed E-state index contributed by atoms with van der Waals surface area (Å²) >= 11 is 1.59. The maximum Gasteiger partial charge on any atom is 0.136 e. The Kier molecular flexibility index (Phi) is 3.42. The van der Waals surface area contributed by atoms with Gasteiger partial charge in [0, 0.05) is 19.4 Å². The van der Waals surface area contributed by atoms with E-state index in [-0.39, 0.29) is 0 Å². The lowest BCUT2D eigenvalue weighted by Gasteiger charge is -2.03. The number of aromatic nitrogens is 5. The molecule has 0 bridgehead atoms. The van der Waals surface area contributed by atoms with Crippen molar-refractivity contribution in [2.24, 2.45) is 7.05 Å². The normalized spacial score (nSPS) is 10.7. The van der Waals surface area contributed by atoms with E-state index in [0.717, 1.165) is 27.1 Å². The van der Waals surface area contributed by atoms with Gasteiger partial charge in [-0.2, -0.15) is 5.10 Å². The largest absolute Gasteiger partial charge is 0.375 e. The zero-order valence-electron chi connectivity index (χ0n) is 11.2. The number of rotatable bonds is 4. The van der Waals surface area contributed by atoms with Crippen LogP contribution in [0.1, 0.15) is 10.0 Å². The Bertz CT molecular complexity index is 703. The SMILES string of the molecule is Cc1nnc(CNc2cn(C)nc2-c2ccccn2)s1. The molecule has 3 aromatic heterocycles. The molecule has 7 heteroatoms. The van der Waals surface area contributed by atoms with Crippen molar-refractivity contribution in [2.75, 3.05) is 5.32 Å². The number of hydrogen-bond acceptors (Lipinski definition) is 6. The summed E-state index contributed by atoms with van der Waals surface area (Å²) in [7, 11) is 1.90. The molecule has 0 aromatic carbocycles. The van der Waals surface area contributed by atoms with Crippen LogP contribution in [0.4, 0.5) is 5.69 Å². The van der Waals surface area contributed by atoms with E-state index < -0.39 is 0 Å². The molecule has 0 amide bonds. The van der Waals surface area contributed by atoms with Crippen molar-refractivity contribution in [3.63, 3.8) is 0 Å². The smallest absolute Gasteiger partial charge is 0.136 e. The third kappa shape index (κ3) is 2.67. The highest BCUT2D eigenvalue weighted by molar-refractivity contribution is 7.11. The molecule has 6 nitrogen and oxygen atoms in total. The molecule has 3 heterocycles. The fourth-order valence-corrected chi connectivity index (χ4v) is 2.54. The molecule has 0 aliphatic rings. The Hall–Kier alpha value is -2.28. The minimum absolute atomic E-state index is 0.636. The van der Waals surface area contributed by atoms with Gasteiger partial charge in [-0.25, -0.2) is 0 Å². The zero-order chi connectivity index (χ0) is 13.9. The standard InChI is InChI=1S/C13H14N6S/c1-9-16-17-12(20-9)7-15-11-8-19(2)18-13(11)10-5-3-4-6-14-10/h3-6,8,15H,7H2,1-2H3. The van der Waals surface area contributed by atoms with Gasteiger partial charge in [-0.15, -0.1) is 10.2 Å². The second-order valence-corrected chi connectivity index (χ2v) is 5.61. The van der Waals surface area contributed by atoms with Gasteiger partial charge in [-0.05, 0) is 19.1 Å². The number of pyridine rings is 1. The van der Waals surface area contributed by atoms with Crippen LogP contribution in [0.3, 0.4) is 0 Å². The molecule has 0 saturated carbocycles. The Balaban J connectivity index is 1.83. The quantitative estimate of drug-likeness (QED) is 0.796. The molecular formula is C13H14N6S. The molecule has 0 spiro atoms. The highest BCUT2D eigenvalue weighted by Gasteiger charge is 2.11. The summed E-state index contributed by atoms with van der Waals surface area (Å²) in [6.45, 7) is 2.58. The van der Waals surface area contributed by atoms with Crippen LogP contribution in [-0.2, 0) is 13.6 Å². The van der Waals surface area contributed by atoms with Crippen molar-refractivity contribution in [3.8, 4) is 11.4 Å². The van der Waals surface area contributed by atoms with Crippen LogP contribution < -0.4 is 5.32 Å². The maximum absolute atomic E-state index is 4.46. The highest BCUT2D eigenvalue weighted by atomic mass is 32.1. The second-order valence-electron chi connectivity index (χ2n) is 4.35. The van der Waals surface area contributed by atoms with E-state index in [1.807, 2.05) is 38.4 Å². The average Bonchev–Trinajstić information content (AvgIpc) is 3.03. The molecule has 3 rings (SSSR count). The highest BCUT2D eigenvalue weighted by Crippen LogP contribution is 2.24. The maximum atomic E-state index is 4.46. The molecule has 20 heavy (non-hydrogen) atoms. The van der Waals surface area contributed by atoms with Gasteiger partial charge in [0.15, 0.2) is 0 Å². The molecule has 0 aliphatic carbocycles. The minimum Gasteiger partial charge on any atom is -0.375 e. The van der Waals surface area contributed by atoms with Crippen molar-refractivity contribution < 1.29 is 0 Å². The van der Waals surface area contributed by atoms with Crippen molar-refractivity contribution in [3.05, 3.63) is 40.6 Å². The molecule has 3 aromatic rings. The molecule has 102 valence electrons. The van der Waals surface area contributed by atoms with Crippen molar-refractivity contribution in [1.29, 1.82) is 0 Å². The number of nitrogens with zero attached hydrogens (tertiary/aromatic N) is 5. The first-order valence-electron chi connectivity index (χ1n) is 6.20. The lowest BCUT2D eigenvalue weighted by Crippen LogP contribution is -1.99. The fourth-order valence-electron chi connectivity index (χ4n) is 1.89. The van der Waals surface area contributed by atoms with Crippen LogP contribution in [-0.4, -0.2) is 25.0 Å². The van der Waals surface area contributed by atoms with Gasteiger partial charge < -0.3 is 5.32 Å². The van der Waals surface area contributed by atoms with E-state index in [0.29, 0.717) is 6.54 Å². The van der Waals surface area contributed by atoms with Crippen LogP contribution >= 0.6 is 11.3 Å². The van der Waals surface area contributed by atoms with Gasteiger partial charge in [-0.3, -0.25) is 9.67 Å². The summed E-state index contributed by atoms with van der Waals surface area (Å²) in [6, 6.07) is 5.79. The zero-order valence-corrected chi connectivity index (χ0v) is 12.1. The average molecular weight is 286 g/mol. The van der Waals surface area contributed by atoms with Crippen molar-refractivity contribution in [2.45, 2.75) is 13.5 Å². The summed E-state index contributed by atoms with van der Waals surface area (Å²) in [5.41, 5.74) is 2.64. The van der Waals surface area contributed by atoms with Gasteiger partial charge in [0.2, 0.25) is 0 Å². The van der Waals surface area contributed by atoms with Crippen molar-refractivity contribution >= 4 is 17.0 Å². The van der Waals surface area contributed by atoms with Crippen molar-refractivity contribution in [1.82, 2.24) is 25.0 Å². The Morgan fingerprint density at radius 1 is 1.30 bits per heavy atom. The molecular weight excluding hydrogens is 272 g/mol. The number of nitrogens with one attached hydrogen (secondary N) is 1. The third-order valence-electron chi connectivity index (χ3n) is 2.73. The third-order valence-corrected chi connectivity index (χ3v) is 3.57. The molecule has 0 atom stereocenters. The Morgan fingerprint density at radius 2 is 2.20 bits per heavy atom. The molecule has 0 unspecified atom stereocenters. The first-order valence-corrected chi connectivity index (χ1v) is 7.02.